The lowest BCUT2D eigenvalue weighted by molar-refractivity contribution is 0.0856. The smallest absolute Gasteiger partial charge is 0.264 e. The number of hydrogen-bond donors (Lipinski definition) is 6. The molecule has 15 heteroatoms. The van der Waals surface area contributed by atoms with Gasteiger partial charge in [-0.05, 0) is 32.1 Å². The summed E-state index contributed by atoms with van der Waals surface area (Å²) < 4.78 is 82.7. The largest absolute Gasteiger partial charge is 0.396 e. The van der Waals surface area contributed by atoms with E-state index in [0.29, 0.717) is 25.7 Å². The quantitative estimate of drug-likeness (QED) is 0.155. The Morgan fingerprint density at radius 3 is 1.10 bits per heavy atom. The highest BCUT2D eigenvalue weighted by Crippen LogP contribution is 2.02. The summed E-state index contributed by atoms with van der Waals surface area (Å²) in [6.45, 7) is 5.13. The van der Waals surface area contributed by atoms with Crippen molar-refractivity contribution in [1.82, 2.24) is 0 Å². The van der Waals surface area contributed by atoms with Crippen LogP contribution in [0.2, 0.25) is 0 Å². The molecular formula is C16H40O12S3. The van der Waals surface area contributed by atoms with Crippen LogP contribution in [0.4, 0.5) is 0 Å². The lowest BCUT2D eigenvalue weighted by Gasteiger charge is -2.04. The first-order valence-electron chi connectivity index (χ1n) is 9.74. The van der Waals surface area contributed by atoms with E-state index >= 15 is 0 Å². The Hall–Kier alpha value is -0.390. The number of hydrogen-bond acceptors (Lipinski definition) is 9. The van der Waals surface area contributed by atoms with Crippen molar-refractivity contribution in [2.24, 2.45) is 0 Å². The van der Waals surface area contributed by atoms with E-state index in [2.05, 4.69) is 0 Å². The zero-order valence-corrected chi connectivity index (χ0v) is 20.9. The molecule has 194 valence electrons. The normalized spacial score (nSPS) is 12.3. The summed E-state index contributed by atoms with van der Waals surface area (Å²) in [4.78, 5) is 0. The molecule has 0 aliphatic heterocycles. The topological polar surface area (TPSA) is 224 Å². The monoisotopic (exact) mass is 520 g/mol. The van der Waals surface area contributed by atoms with E-state index in [1.807, 2.05) is 0 Å². The second kappa shape index (κ2) is 22.8. The fraction of sp³-hybridized carbons (Fsp3) is 1.00. The van der Waals surface area contributed by atoms with Crippen LogP contribution in [-0.2, 0) is 30.4 Å². The van der Waals surface area contributed by atoms with Gasteiger partial charge in [0.05, 0.1) is 30.0 Å². The minimum Gasteiger partial charge on any atom is -0.396 e. The van der Waals surface area contributed by atoms with Gasteiger partial charge < -0.3 is 15.3 Å². The fourth-order valence-corrected chi connectivity index (χ4v) is 3.08. The van der Waals surface area contributed by atoms with Gasteiger partial charge in [0.1, 0.15) is 0 Å². The van der Waals surface area contributed by atoms with Gasteiger partial charge in [0, 0.05) is 6.61 Å². The third-order valence-corrected chi connectivity index (χ3v) is 5.56. The highest BCUT2D eigenvalue weighted by Gasteiger charge is 2.00. The van der Waals surface area contributed by atoms with E-state index in [1.165, 1.54) is 0 Å². The van der Waals surface area contributed by atoms with Gasteiger partial charge in [-0.15, -0.1) is 0 Å². The fourth-order valence-electron chi connectivity index (χ4n) is 1.53. The molecule has 0 aromatic rings. The van der Waals surface area contributed by atoms with Crippen LogP contribution in [0.3, 0.4) is 0 Å². The van der Waals surface area contributed by atoms with Crippen LogP contribution in [0.5, 0.6) is 0 Å². The molecule has 6 N–H and O–H groups in total. The summed E-state index contributed by atoms with van der Waals surface area (Å²) in [5.74, 6) is -0.396. The van der Waals surface area contributed by atoms with Crippen LogP contribution >= 0.6 is 0 Å². The number of rotatable bonds is 12. The summed E-state index contributed by atoms with van der Waals surface area (Å²) in [6.07, 6.45) is 4.07. The zero-order valence-electron chi connectivity index (χ0n) is 18.4. The molecule has 0 fully saturated rings. The summed E-state index contributed by atoms with van der Waals surface area (Å²) in [5.41, 5.74) is 0. The van der Waals surface area contributed by atoms with Crippen molar-refractivity contribution in [2.75, 3.05) is 30.5 Å². The van der Waals surface area contributed by atoms with Gasteiger partial charge in [-0.1, -0.05) is 33.6 Å². The van der Waals surface area contributed by atoms with Crippen LogP contribution in [0.15, 0.2) is 0 Å². The van der Waals surface area contributed by atoms with Crippen LogP contribution in [0.1, 0.15) is 65.7 Å². The summed E-state index contributed by atoms with van der Waals surface area (Å²) >= 11 is 0. The van der Waals surface area contributed by atoms with Crippen LogP contribution in [0.25, 0.3) is 0 Å². The molecule has 0 bridgehead atoms. The van der Waals surface area contributed by atoms with E-state index in [-0.39, 0.29) is 30.5 Å². The molecular weight excluding hydrogens is 480 g/mol. The molecule has 1 unspecified atom stereocenters. The summed E-state index contributed by atoms with van der Waals surface area (Å²) in [6, 6.07) is 0. The second-order valence-electron chi connectivity index (χ2n) is 6.27. The molecule has 0 spiro atoms. The highest BCUT2D eigenvalue weighted by molar-refractivity contribution is 7.86. The predicted molar refractivity (Wildman–Crippen MR) is 119 cm³/mol. The van der Waals surface area contributed by atoms with Crippen molar-refractivity contribution in [3.8, 4) is 0 Å². The average molecular weight is 521 g/mol. The van der Waals surface area contributed by atoms with Crippen molar-refractivity contribution >= 4 is 30.4 Å². The number of aliphatic hydroxyl groups excluding tert-OH is 3. The van der Waals surface area contributed by atoms with Gasteiger partial charge in [0.25, 0.3) is 30.4 Å². The molecule has 0 aromatic heterocycles. The van der Waals surface area contributed by atoms with Gasteiger partial charge in [0.2, 0.25) is 0 Å². The van der Waals surface area contributed by atoms with Crippen molar-refractivity contribution in [3.63, 3.8) is 0 Å². The van der Waals surface area contributed by atoms with Gasteiger partial charge in [-0.25, -0.2) is 0 Å². The SMILES string of the molecule is CCCS(=O)(=O)O.CCCS(=O)(=O)O.CCCS(=O)(=O)O.OCCCCCC(O)CO. The first kappa shape index (κ1) is 37.9. The molecule has 0 amide bonds. The lowest BCUT2D eigenvalue weighted by Crippen LogP contribution is -2.11. The highest BCUT2D eigenvalue weighted by atomic mass is 32.2. The predicted octanol–water partition coefficient (Wildman–Crippen LogP) is 0.745. The molecule has 1 atom stereocenters. The Morgan fingerprint density at radius 1 is 0.613 bits per heavy atom. The maximum atomic E-state index is 9.79. The molecule has 0 aliphatic rings. The maximum Gasteiger partial charge on any atom is 0.264 e. The Kier molecular flexibility index (Phi) is 27.9. The Labute approximate surface area is 186 Å². The summed E-state index contributed by atoms with van der Waals surface area (Å²) in [7, 11) is -11.0. The van der Waals surface area contributed by atoms with Crippen LogP contribution in [-0.4, -0.2) is 90.8 Å². The van der Waals surface area contributed by atoms with Crippen molar-refractivity contribution in [2.45, 2.75) is 71.8 Å². The molecule has 12 nitrogen and oxygen atoms in total. The zero-order chi connectivity index (χ0) is 25.6. The first-order chi connectivity index (χ1) is 14.0. The molecule has 0 aliphatic carbocycles. The maximum absolute atomic E-state index is 9.79. The molecule has 0 rings (SSSR count). The average Bonchev–Trinajstić information content (AvgIpc) is 2.57. The van der Waals surface area contributed by atoms with Crippen LogP contribution < -0.4 is 0 Å². The minimum absolute atomic E-state index is 0.132. The first-order valence-corrected chi connectivity index (χ1v) is 14.6. The van der Waals surface area contributed by atoms with E-state index in [4.69, 9.17) is 29.0 Å². The van der Waals surface area contributed by atoms with Crippen molar-refractivity contribution in [3.05, 3.63) is 0 Å². The molecule has 0 saturated carbocycles. The Balaban J connectivity index is -0.000000159. The third kappa shape index (κ3) is 58.7. The second-order valence-corrected chi connectivity index (χ2v) is 11.0. The van der Waals surface area contributed by atoms with Crippen molar-refractivity contribution in [1.29, 1.82) is 0 Å². The minimum atomic E-state index is -3.67. The van der Waals surface area contributed by atoms with Gasteiger partial charge in [-0.2, -0.15) is 25.3 Å². The van der Waals surface area contributed by atoms with Crippen molar-refractivity contribution < 1.29 is 54.2 Å². The van der Waals surface area contributed by atoms with Gasteiger partial charge in [0.15, 0.2) is 0 Å². The molecule has 0 radical (unpaired) electrons. The van der Waals surface area contributed by atoms with E-state index in [0.717, 1.165) is 19.3 Å². The molecule has 31 heavy (non-hydrogen) atoms. The van der Waals surface area contributed by atoms with Gasteiger partial charge >= 0.3 is 0 Å². The Bertz CT molecular complexity index is 592. The van der Waals surface area contributed by atoms with E-state index < -0.39 is 36.5 Å². The van der Waals surface area contributed by atoms with E-state index in [9.17, 15) is 25.3 Å². The molecule has 0 aromatic carbocycles. The summed E-state index contributed by atoms with van der Waals surface area (Å²) in [5, 5.41) is 25.6. The molecule has 0 saturated heterocycles. The number of aliphatic hydroxyl groups is 3. The lowest BCUT2D eigenvalue weighted by atomic mass is 10.1. The molecule has 0 heterocycles. The van der Waals surface area contributed by atoms with Crippen LogP contribution in [0, 0.1) is 0 Å². The standard InChI is InChI=1S/C7H16O3.3C3H8O3S/c8-5-3-1-2-4-7(10)6-9;3*1-2-3-7(4,5)6/h7-10H,1-6H2;3*2-3H2,1H3,(H,4,5,6). The number of unbranched alkanes of at least 4 members (excludes halogenated alkanes) is 2. The Morgan fingerprint density at radius 2 is 0.935 bits per heavy atom. The van der Waals surface area contributed by atoms with Gasteiger partial charge in [-0.3, -0.25) is 13.7 Å². The van der Waals surface area contributed by atoms with E-state index in [1.54, 1.807) is 20.8 Å². The third-order valence-electron chi connectivity index (χ3n) is 2.79.